The zero-order valence-corrected chi connectivity index (χ0v) is 16.4. The summed E-state index contributed by atoms with van der Waals surface area (Å²) in [4.78, 5) is 35.6. The fraction of sp³-hybridized carbons (Fsp3) is 0.286. The first-order chi connectivity index (χ1) is 13.2. The largest absolute Gasteiger partial charge is 0.513 e. The quantitative estimate of drug-likeness (QED) is 0.586. The minimum absolute atomic E-state index is 0.0885. The number of anilines is 2. The molecule has 0 saturated carbocycles. The van der Waals surface area contributed by atoms with Gasteiger partial charge in [0.15, 0.2) is 0 Å². The van der Waals surface area contributed by atoms with Crippen molar-refractivity contribution in [2.24, 2.45) is 5.41 Å². The van der Waals surface area contributed by atoms with Crippen LogP contribution >= 0.6 is 0 Å². The van der Waals surface area contributed by atoms with Gasteiger partial charge in [-0.3, -0.25) is 9.59 Å². The van der Waals surface area contributed by atoms with Gasteiger partial charge in [0.2, 0.25) is 5.91 Å². The van der Waals surface area contributed by atoms with E-state index in [0.29, 0.717) is 16.9 Å². The van der Waals surface area contributed by atoms with Gasteiger partial charge in [0, 0.05) is 22.4 Å². The highest BCUT2D eigenvalue weighted by molar-refractivity contribution is 6.04. The summed E-state index contributed by atoms with van der Waals surface area (Å²) >= 11 is 0. The van der Waals surface area contributed by atoms with Crippen LogP contribution in [0.4, 0.5) is 16.2 Å². The number of hydrogen-bond acceptors (Lipinski definition) is 5. The highest BCUT2D eigenvalue weighted by atomic mass is 16.7. The molecule has 0 aliphatic rings. The van der Waals surface area contributed by atoms with E-state index in [9.17, 15) is 14.4 Å². The van der Waals surface area contributed by atoms with Gasteiger partial charge < -0.3 is 20.1 Å². The Kier molecular flexibility index (Phi) is 6.76. The van der Waals surface area contributed by atoms with Crippen molar-refractivity contribution in [1.29, 1.82) is 0 Å². The number of ether oxygens (including phenoxy) is 2. The average Bonchev–Trinajstić information content (AvgIpc) is 2.63. The molecule has 0 saturated heterocycles. The summed E-state index contributed by atoms with van der Waals surface area (Å²) in [5.74, 6) is -0.113. The van der Waals surface area contributed by atoms with Crippen LogP contribution in [0.5, 0.6) is 5.75 Å². The topological polar surface area (TPSA) is 93.7 Å². The lowest BCUT2D eigenvalue weighted by molar-refractivity contribution is -0.123. The molecule has 0 spiro atoms. The summed E-state index contributed by atoms with van der Waals surface area (Å²) in [7, 11) is 0. The van der Waals surface area contributed by atoms with Crippen molar-refractivity contribution in [1.82, 2.24) is 0 Å². The van der Waals surface area contributed by atoms with Gasteiger partial charge in [-0.1, -0.05) is 20.8 Å². The van der Waals surface area contributed by atoms with Crippen LogP contribution in [0.15, 0.2) is 48.5 Å². The number of rotatable bonds is 5. The zero-order chi connectivity index (χ0) is 20.7. The molecular formula is C21H24N2O5. The van der Waals surface area contributed by atoms with E-state index in [1.165, 1.54) is 12.1 Å². The van der Waals surface area contributed by atoms with Gasteiger partial charge in [0.1, 0.15) is 5.75 Å². The van der Waals surface area contributed by atoms with Gasteiger partial charge in [0.05, 0.1) is 6.61 Å². The number of hydrogen-bond donors (Lipinski definition) is 2. The number of carbonyl (C=O) groups is 3. The van der Waals surface area contributed by atoms with E-state index < -0.39 is 11.6 Å². The lowest BCUT2D eigenvalue weighted by Crippen LogP contribution is -2.27. The van der Waals surface area contributed by atoms with Crippen molar-refractivity contribution in [3.05, 3.63) is 54.1 Å². The van der Waals surface area contributed by atoms with Crippen molar-refractivity contribution in [3.63, 3.8) is 0 Å². The van der Waals surface area contributed by atoms with Crippen LogP contribution in [0.25, 0.3) is 0 Å². The average molecular weight is 384 g/mol. The van der Waals surface area contributed by atoms with Crippen molar-refractivity contribution in [3.8, 4) is 5.75 Å². The maximum absolute atomic E-state index is 12.3. The molecule has 0 fully saturated rings. The summed E-state index contributed by atoms with van der Waals surface area (Å²) < 4.78 is 9.64. The fourth-order valence-electron chi connectivity index (χ4n) is 2.08. The lowest BCUT2D eigenvalue weighted by atomic mass is 9.95. The van der Waals surface area contributed by atoms with E-state index in [0.717, 1.165) is 0 Å². The third kappa shape index (κ3) is 6.12. The molecule has 2 amide bonds. The standard InChI is InChI=1S/C21H24N2O5/c1-5-27-20(26)28-17-12-6-14(7-13-17)18(24)22-15-8-10-16(11-9-15)23-19(25)21(2,3)4/h6-13H,5H2,1-4H3,(H,22,24)(H,23,25). The van der Waals surface area contributed by atoms with E-state index in [4.69, 9.17) is 4.74 Å². The minimum atomic E-state index is -0.793. The van der Waals surface area contributed by atoms with Crippen LogP contribution < -0.4 is 15.4 Å². The summed E-state index contributed by atoms with van der Waals surface area (Å²) in [6, 6.07) is 12.9. The van der Waals surface area contributed by atoms with Crippen LogP contribution in [0.3, 0.4) is 0 Å². The molecule has 0 aliphatic heterocycles. The first-order valence-corrected chi connectivity index (χ1v) is 8.86. The Balaban J connectivity index is 1.95. The lowest BCUT2D eigenvalue weighted by Gasteiger charge is -2.17. The van der Waals surface area contributed by atoms with Crippen LogP contribution in [0.1, 0.15) is 38.1 Å². The Morgan fingerprint density at radius 3 is 1.89 bits per heavy atom. The Hall–Kier alpha value is -3.35. The molecule has 0 bridgehead atoms. The molecule has 2 aromatic carbocycles. The SMILES string of the molecule is CCOC(=O)Oc1ccc(C(=O)Nc2ccc(NC(=O)C(C)(C)C)cc2)cc1. The van der Waals surface area contributed by atoms with E-state index in [1.54, 1.807) is 43.3 Å². The number of nitrogens with one attached hydrogen (secondary N) is 2. The second kappa shape index (κ2) is 9.03. The first-order valence-electron chi connectivity index (χ1n) is 8.86. The Morgan fingerprint density at radius 2 is 1.39 bits per heavy atom. The summed E-state index contributed by atoms with van der Waals surface area (Å²) in [6.45, 7) is 7.40. The predicted octanol–water partition coefficient (Wildman–Crippen LogP) is 4.46. The maximum Gasteiger partial charge on any atom is 0.513 e. The Labute approximate surface area is 164 Å². The van der Waals surface area contributed by atoms with Crippen LogP contribution in [-0.2, 0) is 9.53 Å². The van der Waals surface area contributed by atoms with E-state index in [2.05, 4.69) is 15.4 Å². The number of amides is 2. The number of benzene rings is 2. The summed E-state index contributed by atoms with van der Waals surface area (Å²) in [5, 5.41) is 5.59. The van der Waals surface area contributed by atoms with Crippen LogP contribution in [0.2, 0.25) is 0 Å². The monoisotopic (exact) mass is 384 g/mol. The van der Waals surface area contributed by atoms with Gasteiger partial charge in [0.25, 0.3) is 5.91 Å². The smallest absolute Gasteiger partial charge is 0.434 e. The zero-order valence-electron chi connectivity index (χ0n) is 16.4. The van der Waals surface area contributed by atoms with Crippen molar-refractivity contribution < 1.29 is 23.9 Å². The second-order valence-electron chi connectivity index (χ2n) is 7.05. The van der Waals surface area contributed by atoms with Crippen molar-refractivity contribution >= 4 is 29.3 Å². The molecule has 0 atom stereocenters. The molecule has 2 N–H and O–H groups in total. The molecule has 2 rings (SSSR count). The first kappa shape index (κ1) is 21.0. The van der Waals surface area contributed by atoms with Crippen LogP contribution in [-0.4, -0.2) is 24.6 Å². The van der Waals surface area contributed by atoms with Gasteiger partial charge in [-0.25, -0.2) is 4.79 Å². The number of carbonyl (C=O) groups excluding carboxylic acids is 3. The third-order valence-corrected chi connectivity index (χ3v) is 3.66. The predicted molar refractivity (Wildman–Crippen MR) is 107 cm³/mol. The molecule has 7 nitrogen and oxygen atoms in total. The minimum Gasteiger partial charge on any atom is -0.434 e. The molecule has 0 radical (unpaired) electrons. The Morgan fingerprint density at radius 1 is 0.857 bits per heavy atom. The molecule has 148 valence electrons. The molecule has 0 aromatic heterocycles. The molecule has 0 heterocycles. The van der Waals surface area contributed by atoms with E-state index in [-0.39, 0.29) is 24.2 Å². The van der Waals surface area contributed by atoms with Gasteiger partial charge in [-0.15, -0.1) is 0 Å². The van der Waals surface area contributed by atoms with Gasteiger partial charge in [-0.05, 0) is 55.5 Å². The molecule has 0 unspecified atom stereocenters. The summed E-state index contributed by atoms with van der Waals surface area (Å²) in [5.41, 5.74) is 1.15. The van der Waals surface area contributed by atoms with Crippen molar-refractivity contribution in [2.75, 3.05) is 17.2 Å². The normalized spacial score (nSPS) is 10.7. The third-order valence-electron chi connectivity index (χ3n) is 3.66. The fourth-order valence-corrected chi connectivity index (χ4v) is 2.08. The van der Waals surface area contributed by atoms with Crippen LogP contribution in [0, 0.1) is 5.41 Å². The molecular weight excluding hydrogens is 360 g/mol. The maximum atomic E-state index is 12.3. The van der Waals surface area contributed by atoms with Gasteiger partial charge >= 0.3 is 6.16 Å². The highest BCUT2D eigenvalue weighted by Gasteiger charge is 2.21. The van der Waals surface area contributed by atoms with Crippen molar-refractivity contribution in [2.45, 2.75) is 27.7 Å². The molecule has 28 heavy (non-hydrogen) atoms. The van der Waals surface area contributed by atoms with E-state index in [1.807, 2.05) is 20.8 Å². The highest BCUT2D eigenvalue weighted by Crippen LogP contribution is 2.20. The van der Waals surface area contributed by atoms with Gasteiger partial charge in [-0.2, -0.15) is 0 Å². The molecule has 2 aromatic rings. The Bertz CT molecular complexity index is 837. The summed E-state index contributed by atoms with van der Waals surface area (Å²) in [6.07, 6.45) is -0.793. The second-order valence-corrected chi connectivity index (χ2v) is 7.05. The van der Waals surface area contributed by atoms with E-state index >= 15 is 0 Å². The molecule has 0 aliphatic carbocycles. The molecule has 7 heteroatoms.